The molecule has 0 fully saturated rings. The van der Waals surface area contributed by atoms with Gasteiger partial charge in [0.15, 0.2) is 0 Å². The first-order valence-corrected chi connectivity index (χ1v) is 8.17. The van der Waals surface area contributed by atoms with Crippen LogP contribution in [0.15, 0.2) is 36.4 Å². The summed E-state index contributed by atoms with van der Waals surface area (Å²) < 4.78 is 49.9. The molecule has 0 aliphatic carbocycles. The number of halogens is 3. The van der Waals surface area contributed by atoms with Crippen LogP contribution in [0.5, 0.6) is 11.5 Å². The van der Waals surface area contributed by atoms with Crippen LogP contribution in [0.25, 0.3) is 11.0 Å². The Hall–Kier alpha value is -3.76. The van der Waals surface area contributed by atoms with Crippen molar-refractivity contribution < 1.29 is 32.2 Å². The normalized spacial score (nSPS) is 11.2. The molecule has 2 aromatic carbocycles. The number of hydrogen-bond donors (Lipinski definition) is 3. The molecular weight excluding hydrogens is 393 g/mol. The van der Waals surface area contributed by atoms with Gasteiger partial charge in [0, 0.05) is 13.0 Å². The minimum absolute atomic E-state index is 0.0711. The van der Waals surface area contributed by atoms with Crippen molar-refractivity contribution >= 4 is 34.7 Å². The number of aromatic amines is 1. The van der Waals surface area contributed by atoms with E-state index in [9.17, 15) is 22.8 Å². The van der Waals surface area contributed by atoms with Crippen LogP contribution in [0, 0.1) is 0 Å². The fraction of sp³-hybridized carbons (Fsp3) is 0.167. The number of ether oxygens (including phenoxy) is 2. The topological polar surface area (TPSA) is 105 Å². The third-order valence-electron chi connectivity index (χ3n) is 3.70. The Bertz CT molecular complexity index is 1080. The molecule has 0 aliphatic rings. The van der Waals surface area contributed by atoms with E-state index < -0.39 is 23.7 Å². The number of fused-ring (bicyclic) bond motifs is 1. The van der Waals surface area contributed by atoms with Crippen LogP contribution in [0.4, 0.5) is 29.6 Å². The highest BCUT2D eigenvalue weighted by Gasteiger charge is 2.34. The molecule has 152 valence electrons. The lowest BCUT2D eigenvalue weighted by molar-refractivity contribution is -0.137. The number of amides is 2. The molecular formula is C18H15F3N4O4. The number of benzene rings is 2. The number of anilines is 2. The van der Waals surface area contributed by atoms with E-state index in [1.54, 1.807) is 6.07 Å². The van der Waals surface area contributed by atoms with Crippen LogP contribution in [0.3, 0.4) is 0 Å². The second-order valence-electron chi connectivity index (χ2n) is 5.87. The Balaban J connectivity index is 1.87. The maximum absolute atomic E-state index is 13.3. The third kappa shape index (κ3) is 4.75. The van der Waals surface area contributed by atoms with Crippen LogP contribution in [-0.2, 0) is 15.7 Å². The molecule has 0 atom stereocenters. The number of carbonyl (C=O) groups is 2. The minimum atomic E-state index is -4.68. The Labute approximate surface area is 162 Å². The maximum Gasteiger partial charge on any atom is 0.418 e. The van der Waals surface area contributed by atoms with Crippen molar-refractivity contribution in [3.8, 4) is 11.5 Å². The standard InChI is InChI=1S/C18H15F3N4O4/c1-9(26)22-13-5-3-10(7-12(13)18(19,20)21)29-11-4-6-14-15(8-11)24-16(23-14)25-17(27)28-2/h3-8H,1-2H3,(H,22,26)(H2,23,24,25,27). The molecule has 3 rings (SSSR count). The van der Waals surface area contributed by atoms with Gasteiger partial charge in [-0.05, 0) is 30.3 Å². The number of imidazole rings is 1. The Morgan fingerprint density at radius 1 is 1.07 bits per heavy atom. The van der Waals surface area contributed by atoms with Gasteiger partial charge >= 0.3 is 12.3 Å². The molecule has 8 nitrogen and oxygen atoms in total. The van der Waals surface area contributed by atoms with E-state index in [1.165, 1.54) is 25.3 Å². The molecule has 0 bridgehead atoms. The van der Waals surface area contributed by atoms with Gasteiger partial charge in [0.05, 0.1) is 29.4 Å². The Kier molecular flexibility index (Phi) is 5.31. The quantitative estimate of drug-likeness (QED) is 0.589. The monoisotopic (exact) mass is 408 g/mol. The summed E-state index contributed by atoms with van der Waals surface area (Å²) >= 11 is 0. The number of H-pyrrole nitrogens is 1. The van der Waals surface area contributed by atoms with Gasteiger partial charge in [0.25, 0.3) is 0 Å². The Morgan fingerprint density at radius 3 is 2.41 bits per heavy atom. The van der Waals surface area contributed by atoms with Crippen molar-refractivity contribution in [3.05, 3.63) is 42.0 Å². The lowest BCUT2D eigenvalue weighted by atomic mass is 10.1. The summed E-state index contributed by atoms with van der Waals surface area (Å²) in [5, 5.41) is 4.51. The SMILES string of the molecule is COC(=O)Nc1nc2ccc(Oc3ccc(NC(C)=O)c(C(F)(F)F)c3)cc2[nH]1. The highest BCUT2D eigenvalue weighted by Crippen LogP contribution is 2.38. The number of rotatable bonds is 4. The number of nitrogens with zero attached hydrogens (tertiary/aromatic N) is 1. The summed E-state index contributed by atoms with van der Waals surface area (Å²) in [4.78, 5) is 29.3. The number of methoxy groups -OCH3 is 1. The third-order valence-corrected chi connectivity index (χ3v) is 3.70. The zero-order valence-corrected chi connectivity index (χ0v) is 15.2. The van der Waals surface area contributed by atoms with Crippen LogP contribution in [0.1, 0.15) is 12.5 Å². The number of hydrogen-bond acceptors (Lipinski definition) is 5. The number of nitrogens with one attached hydrogen (secondary N) is 3. The van der Waals surface area contributed by atoms with Gasteiger partial charge in [-0.2, -0.15) is 13.2 Å². The zero-order valence-electron chi connectivity index (χ0n) is 15.2. The molecule has 1 aromatic heterocycles. The number of carbonyl (C=O) groups excluding carboxylic acids is 2. The first-order valence-electron chi connectivity index (χ1n) is 8.17. The van der Waals surface area contributed by atoms with Gasteiger partial charge in [-0.3, -0.25) is 10.1 Å². The van der Waals surface area contributed by atoms with E-state index in [4.69, 9.17) is 4.74 Å². The molecule has 0 unspecified atom stereocenters. The lowest BCUT2D eigenvalue weighted by Crippen LogP contribution is -2.13. The van der Waals surface area contributed by atoms with E-state index in [0.717, 1.165) is 19.1 Å². The van der Waals surface area contributed by atoms with Crippen molar-refractivity contribution in [1.82, 2.24) is 9.97 Å². The second-order valence-corrected chi connectivity index (χ2v) is 5.87. The fourth-order valence-electron chi connectivity index (χ4n) is 2.52. The molecule has 0 spiro atoms. The number of alkyl halides is 3. The average molecular weight is 408 g/mol. The molecule has 1 heterocycles. The predicted octanol–water partition coefficient (Wildman–Crippen LogP) is 4.51. The highest BCUT2D eigenvalue weighted by molar-refractivity contribution is 5.90. The van der Waals surface area contributed by atoms with Gasteiger partial charge in [0.2, 0.25) is 11.9 Å². The molecule has 0 aliphatic heterocycles. The van der Waals surface area contributed by atoms with Crippen LogP contribution >= 0.6 is 0 Å². The predicted molar refractivity (Wildman–Crippen MR) is 97.9 cm³/mol. The summed E-state index contributed by atoms with van der Waals surface area (Å²) in [5.41, 5.74) is -0.405. The fourth-order valence-corrected chi connectivity index (χ4v) is 2.52. The molecule has 0 saturated carbocycles. The summed E-state index contributed by atoms with van der Waals surface area (Å²) in [7, 11) is 1.20. The molecule has 29 heavy (non-hydrogen) atoms. The highest BCUT2D eigenvalue weighted by atomic mass is 19.4. The van der Waals surface area contributed by atoms with Crippen molar-refractivity contribution in [3.63, 3.8) is 0 Å². The lowest BCUT2D eigenvalue weighted by Gasteiger charge is -2.15. The molecule has 11 heteroatoms. The van der Waals surface area contributed by atoms with E-state index in [0.29, 0.717) is 11.0 Å². The smallest absolute Gasteiger partial charge is 0.418 e. The van der Waals surface area contributed by atoms with Crippen LogP contribution in [-0.4, -0.2) is 29.1 Å². The zero-order chi connectivity index (χ0) is 21.2. The van der Waals surface area contributed by atoms with E-state index in [1.807, 2.05) is 0 Å². The van der Waals surface area contributed by atoms with Crippen molar-refractivity contribution in [1.29, 1.82) is 0 Å². The van der Waals surface area contributed by atoms with Crippen molar-refractivity contribution in [2.24, 2.45) is 0 Å². The average Bonchev–Trinajstić information content (AvgIpc) is 3.03. The molecule has 0 radical (unpaired) electrons. The van der Waals surface area contributed by atoms with E-state index in [2.05, 4.69) is 25.3 Å². The number of aromatic nitrogens is 2. The summed E-state index contributed by atoms with van der Waals surface area (Å²) in [5.74, 6) is -0.308. The van der Waals surface area contributed by atoms with Crippen molar-refractivity contribution in [2.45, 2.75) is 13.1 Å². The van der Waals surface area contributed by atoms with Gasteiger partial charge in [0.1, 0.15) is 11.5 Å². The van der Waals surface area contributed by atoms with Gasteiger partial charge in [-0.1, -0.05) is 0 Å². The van der Waals surface area contributed by atoms with E-state index in [-0.39, 0.29) is 23.1 Å². The van der Waals surface area contributed by atoms with Crippen LogP contribution in [0.2, 0.25) is 0 Å². The summed E-state index contributed by atoms with van der Waals surface area (Å²) in [6.07, 6.45) is -5.39. The largest absolute Gasteiger partial charge is 0.457 e. The summed E-state index contributed by atoms with van der Waals surface area (Å²) in [6.45, 7) is 1.12. The van der Waals surface area contributed by atoms with Gasteiger partial charge in [-0.15, -0.1) is 0 Å². The molecule has 2 amide bonds. The summed E-state index contributed by atoms with van der Waals surface area (Å²) in [6, 6.07) is 7.82. The van der Waals surface area contributed by atoms with Crippen LogP contribution < -0.4 is 15.4 Å². The van der Waals surface area contributed by atoms with Crippen molar-refractivity contribution in [2.75, 3.05) is 17.7 Å². The molecule has 3 N–H and O–H groups in total. The first-order chi connectivity index (χ1) is 13.7. The molecule has 0 saturated heterocycles. The maximum atomic E-state index is 13.3. The first kappa shape index (κ1) is 20.0. The van der Waals surface area contributed by atoms with E-state index >= 15 is 0 Å². The van der Waals surface area contributed by atoms with Gasteiger partial charge in [-0.25, -0.2) is 9.78 Å². The molecule has 3 aromatic rings. The minimum Gasteiger partial charge on any atom is -0.457 e. The van der Waals surface area contributed by atoms with Gasteiger partial charge < -0.3 is 19.8 Å². The second kappa shape index (κ2) is 7.70. The Morgan fingerprint density at radius 2 is 1.76 bits per heavy atom.